The molecule has 0 atom stereocenters. The van der Waals surface area contributed by atoms with Crippen LogP contribution in [0.15, 0.2) is 36.4 Å². The van der Waals surface area contributed by atoms with Crippen molar-refractivity contribution in [3.63, 3.8) is 0 Å². The van der Waals surface area contributed by atoms with Gasteiger partial charge in [0.25, 0.3) is 5.91 Å². The molecule has 24 heavy (non-hydrogen) atoms. The highest BCUT2D eigenvalue weighted by molar-refractivity contribution is 14.1. The Hall–Kier alpha value is -1.60. The Morgan fingerprint density at radius 1 is 1.12 bits per heavy atom. The van der Waals surface area contributed by atoms with Crippen molar-refractivity contribution >= 4 is 57.4 Å². The molecule has 0 aliphatic rings. The number of carbonyl (C=O) groups is 2. The van der Waals surface area contributed by atoms with Crippen LogP contribution in [0, 0.1) is 10.5 Å². The molecule has 0 aliphatic heterocycles. The third-order valence-corrected chi connectivity index (χ3v) is 4.90. The molecule has 0 heterocycles. The number of nitrogens with one attached hydrogen (secondary N) is 2. The molecule has 0 radical (unpaired) electrons. The summed E-state index contributed by atoms with van der Waals surface area (Å²) in [5.41, 5.74) is 2.74. The molecule has 4 nitrogen and oxygen atoms in total. The largest absolute Gasteiger partial charge is 0.326 e. The molecule has 0 aliphatic carbocycles. The average Bonchev–Trinajstić information content (AvgIpc) is 2.53. The molecule has 0 saturated heterocycles. The Kier molecular flexibility index (Phi) is 6.62. The molecular weight excluding hydrogens is 439 g/mol. The summed E-state index contributed by atoms with van der Waals surface area (Å²) >= 11 is 8.35. The lowest BCUT2D eigenvalue weighted by Gasteiger charge is -2.11. The molecule has 2 amide bonds. The Bertz CT molecular complexity index is 778. The second kappa shape index (κ2) is 8.48. The summed E-state index contributed by atoms with van der Waals surface area (Å²) in [5.74, 6) is -0.308. The van der Waals surface area contributed by atoms with Gasteiger partial charge in [-0.25, -0.2) is 0 Å². The SMILES string of the molecule is CCCC(=O)Nc1ccc(Cl)c(NC(=O)c2ccc(C)c(I)c2)c1. The van der Waals surface area contributed by atoms with E-state index in [9.17, 15) is 9.59 Å². The molecule has 0 spiro atoms. The number of anilines is 2. The van der Waals surface area contributed by atoms with Gasteiger partial charge in [0.05, 0.1) is 10.7 Å². The smallest absolute Gasteiger partial charge is 0.255 e. The maximum Gasteiger partial charge on any atom is 0.255 e. The van der Waals surface area contributed by atoms with E-state index in [0.717, 1.165) is 15.6 Å². The first-order valence-electron chi connectivity index (χ1n) is 7.57. The quantitative estimate of drug-likeness (QED) is 0.604. The summed E-state index contributed by atoms with van der Waals surface area (Å²) in [6.07, 6.45) is 1.22. The van der Waals surface area contributed by atoms with Gasteiger partial charge in [0.2, 0.25) is 5.91 Å². The third kappa shape index (κ3) is 4.95. The zero-order valence-electron chi connectivity index (χ0n) is 13.5. The molecule has 0 saturated carbocycles. The van der Waals surface area contributed by atoms with Crippen LogP contribution in [0.1, 0.15) is 35.7 Å². The highest BCUT2D eigenvalue weighted by Gasteiger charge is 2.11. The fourth-order valence-corrected chi connectivity index (χ4v) is 2.76. The number of aryl methyl sites for hydroxylation is 1. The maximum absolute atomic E-state index is 12.4. The van der Waals surface area contributed by atoms with Crippen molar-refractivity contribution in [2.45, 2.75) is 26.7 Å². The van der Waals surface area contributed by atoms with E-state index >= 15 is 0 Å². The van der Waals surface area contributed by atoms with E-state index in [-0.39, 0.29) is 11.8 Å². The molecule has 6 heteroatoms. The van der Waals surface area contributed by atoms with E-state index in [1.807, 2.05) is 26.0 Å². The summed E-state index contributed by atoms with van der Waals surface area (Å²) in [5, 5.41) is 6.00. The van der Waals surface area contributed by atoms with Crippen LogP contribution in [0.5, 0.6) is 0 Å². The molecule has 0 bridgehead atoms. The van der Waals surface area contributed by atoms with Gasteiger partial charge >= 0.3 is 0 Å². The van der Waals surface area contributed by atoms with Crippen LogP contribution in [0.2, 0.25) is 5.02 Å². The van der Waals surface area contributed by atoms with Crippen LogP contribution in [0.3, 0.4) is 0 Å². The van der Waals surface area contributed by atoms with Gasteiger partial charge in [0.15, 0.2) is 0 Å². The first-order valence-corrected chi connectivity index (χ1v) is 9.03. The lowest BCUT2D eigenvalue weighted by atomic mass is 10.1. The van der Waals surface area contributed by atoms with Crippen LogP contribution in [-0.2, 0) is 4.79 Å². The van der Waals surface area contributed by atoms with Gasteiger partial charge in [-0.1, -0.05) is 24.6 Å². The minimum absolute atomic E-state index is 0.0646. The van der Waals surface area contributed by atoms with Crippen LogP contribution in [0.25, 0.3) is 0 Å². The van der Waals surface area contributed by atoms with Crippen molar-refractivity contribution in [3.05, 3.63) is 56.1 Å². The van der Waals surface area contributed by atoms with Gasteiger partial charge in [-0.2, -0.15) is 0 Å². The van der Waals surface area contributed by atoms with Crippen molar-refractivity contribution in [1.29, 1.82) is 0 Å². The van der Waals surface area contributed by atoms with Gasteiger partial charge in [0, 0.05) is 21.2 Å². The topological polar surface area (TPSA) is 58.2 Å². The van der Waals surface area contributed by atoms with Crippen LogP contribution < -0.4 is 10.6 Å². The maximum atomic E-state index is 12.4. The Morgan fingerprint density at radius 3 is 2.54 bits per heavy atom. The summed E-state index contributed by atoms with van der Waals surface area (Å²) in [7, 11) is 0. The molecule has 0 fully saturated rings. The van der Waals surface area contributed by atoms with Crippen LogP contribution >= 0.6 is 34.2 Å². The highest BCUT2D eigenvalue weighted by Crippen LogP contribution is 2.26. The van der Waals surface area contributed by atoms with E-state index in [4.69, 9.17) is 11.6 Å². The van der Waals surface area contributed by atoms with Gasteiger partial charge < -0.3 is 10.6 Å². The Balaban J connectivity index is 2.17. The fraction of sp³-hybridized carbons (Fsp3) is 0.222. The normalized spacial score (nSPS) is 10.3. The molecule has 0 unspecified atom stereocenters. The molecular formula is C18H18ClIN2O2. The minimum Gasteiger partial charge on any atom is -0.326 e. The van der Waals surface area contributed by atoms with E-state index in [2.05, 4.69) is 33.2 Å². The summed E-state index contributed by atoms with van der Waals surface area (Å²) in [6.45, 7) is 3.93. The van der Waals surface area contributed by atoms with E-state index in [0.29, 0.717) is 28.4 Å². The standard InChI is InChI=1S/C18H18ClIN2O2/c1-3-4-17(23)21-13-7-8-14(19)16(10-13)22-18(24)12-6-5-11(2)15(20)9-12/h5-10H,3-4H2,1-2H3,(H,21,23)(H,22,24). The predicted octanol–water partition coefficient (Wildman–Crippen LogP) is 5.24. The number of rotatable bonds is 5. The third-order valence-electron chi connectivity index (χ3n) is 3.41. The van der Waals surface area contributed by atoms with E-state index in [1.54, 1.807) is 24.3 Å². The molecule has 2 aromatic carbocycles. The van der Waals surface area contributed by atoms with Crippen LogP contribution in [-0.4, -0.2) is 11.8 Å². The van der Waals surface area contributed by atoms with Crippen molar-refractivity contribution in [2.24, 2.45) is 0 Å². The van der Waals surface area contributed by atoms with E-state index < -0.39 is 0 Å². The molecule has 2 aromatic rings. The summed E-state index contributed by atoms with van der Waals surface area (Å²) in [6, 6.07) is 10.5. The molecule has 0 aromatic heterocycles. The number of hydrogen-bond acceptors (Lipinski definition) is 2. The first-order chi connectivity index (χ1) is 11.4. The number of hydrogen-bond donors (Lipinski definition) is 2. The van der Waals surface area contributed by atoms with Crippen molar-refractivity contribution in [3.8, 4) is 0 Å². The van der Waals surface area contributed by atoms with Crippen molar-refractivity contribution in [1.82, 2.24) is 0 Å². The van der Waals surface area contributed by atoms with E-state index in [1.165, 1.54) is 0 Å². The average molecular weight is 457 g/mol. The van der Waals surface area contributed by atoms with Crippen molar-refractivity contribution in [2.75, 3.05) is 10.6 Å². The van der Waals surface area contributed by atoms with Gasteiger partial charge in [-0.05, 0) is 71.8 Å². The second-order valence-corrected chi connectivity index (χ2v) is 6.98. The van der Waals surface area contributed by atoms with Crippen LogP contribution in [0.4, 0.5) is 11.4 Å². The highest BCUT2D eigenvalue weighted by atomic mass is 127. The molecule has 2 rings (SSSR count). The number of amides is 2. The number of halogens is 2. The zero-order chi connectivity index (χ0) is 17.7. The molecule has 126 valence electrons. The Morgan fingerprint density at radius 2 is 1.88 bits per heavy atom. The fourth-order valence-electron chi connectivity index (χ4n) is 2.08. The monoisotopic (exact) mass is 456 g/mol. The second-order valence-electron chi connectivity index (χ2n) is 5.41. The lowest BCUT2D eigenvalue weighted by molar-refractivity contribution is -0.116. The Labute approximate surface area is 160 Å². The summed E-state index contributed by atoms with van der Waals surface area (Å²) in [4.78, 5) is 24.1. The number of benzene rings is 2. The predicted molar refractivity (Wildman–Crippen MR) is 107 cm³/mol. The minimum atomic E-state index is -0.244. The van der Waals surface area contributed by atoms with Gasteiger partial charge in [0.1, 0.15) is 0 Å². The van der Waals surface area contributed by atoms with Gasteiger partial charge in [-0.15, -0.1) is 0 Å². The first kappa shape index (κ1) is 18.7. The molecule has 2 N–H and O–H groups in total. The van der Waals surface area contributed by atoms with Gasteiger partial charge in [-0.3, -0.25) is 9.59 Å². The van der Waals surface area contributed by atoms with Crippen molar-refractivity contribution < 1.29 is 9.59 Å². The lowest BCUT2D eigenvalue weighted by Crippen LogP contribution is -2.14. The zero-order valence-corrected chi connectivity index (χ0v) is 16.4. The number of carbonyl (C=O) groups excluding carboxylic acids is 2. The summed E-state index contributed by atoms with van der Waals surface area (Å²) < 4.78 is 1.02.